The second-order valence-corrected chi connectivity index (χ2v) is 6.28. The molecule has 0 atom stereocenters. The van der Waals surface area contributed by atoms with Gasteiger partial charge in [-0.25, -0.2) is 0 Å². The largest absolute Gasteiger partial charge is 0.497 e. The standard InChI is InChI=1S/C23H19NO2/c1-24-21-6-4-3-5-19(21)20-13-7-16(15-22(20)24)8-14-23(25)17-9-11-18(26-2)12-10-17/h3-15H,1-2H3. The van der Waals surface area contributed by atoms with Gasteiger partial charge in [0, 0.05) is 34.4 Å². The molecule has 0 saturated heterocycles. The smallest absolute Gasteiger partial charge is 0.185 e. The van der Waals surface area contributed by atoms with Crippen molar-refractivity contribution in [3.63, 3.8) is 0 Å². The fourth-order valence-corrected chi connectivity index (χ4v) is 3.30. The summed E-state index contributed by atoms with van der Waals surface area (Å²) in [6.07, 6.45) is 3.48. The van der Waals surface area contributed by atoms with E-state index in [4.69, 9.17) is 4.74 Å². The Hall–Kier alpha value is -3.33. The number of allylic oxidation sites excluding steroid dienone is 1. The molecular formula is C23H19NO2. The average Bonchev–Trinajstić information content (AvgIpc) is 2.98. The van der Waals surface area contributed by atoms with E-state index in [1.54, 1.807) is 37.5 Å². The Balaban J connectivity index is 1.66. The van der Waals surface area contributed by atoms with Crippen molar-refractivity contribution >= 4 is 33.7 Å². The molecule has 0 amide bonds. The Morgan fingerprint density at radius 1 is 0.923 bits per heavy atom. The van der Waals surface area contributed by atoms with E-state index in [2.05, 4.69) is 48.0 Å². The van der Waals surface area contributed by atoms with E-state index in [9.17, 15) is 4.79 Å². The van der Waals surface area contributed by atoms with Crippen LogP contribution >= 0.6 is 0 Å². The predicted octanol–water partition coefficient (Wildman–Crippen LogP) is 5.24. The van der Waals surface area contributed by atoms with Crippen molar-refractivity contribution in [2.45, 2.75) is 0 Å². The molecule has 0 spiro atoms. The van der Waals surface area contributed by atoms with Gasteiger partial charge < -0.3 is 9.30 Å². The van der Waals surface area contributed by atoms with Crippen LogP contribution in [0.4, 0.5) is 0 Å². The number of hydrogen-bond acceptors (Lipinski definition) is 2. The lowest BCUT2D eigenvalue weighted by atomic mass is 10.1. The number of ether oxygens (including phenoxy) is 1. The number of nitrogens with zero attached hydrogens (tertiary/aromatic N) is 1. The third kappa shape index (κ3) is 2.78. The number of carbonyl (C=O) groups excluding carboxylic acids is 1. The lowest BCUT2D eigenvalue weighted by molar-refractivity contribution is 0.104. The third-order valence-corrected chi connectivity index (χ3v) is 4.74. The van der Waals surface area contributed by atoms with Gasteiger partial charge in [0.05, 0.1) is 7.11 Å². The molecule has 0 aliphatic rings. The first kappa shape index (κ1) is 16.2. The molecule has 4 rings (SSSR count). The molecule has 3 aromatic carbocycles. The number of fused-ring (bicyclic) bond motifs is 3. The van der Waals surface area contributed by atoms with Gasteiger partial charge in [-0.2, -0.15) is 0 Å². The quantitative estimate of drug-likeness (QED) is 0.376. The molecule has 0 aliphatic carbocycles. The van der Waals surface area contributed by atoms with Crippen LogP contribution in [0.1, 0.15) is 15.9 Å². The molecule has 0 saturated carbocycles. The van der Waals surface area contributed by atoms with E-state index in [0.717, 1.165) is 16.8 Å². The molecule has 0 N–H and O–H groups in total. The van der Waals surface area contributed by atoms with Gasteiger partial charge >= 0.3 is 0 Å². The molecule has 0 bridgehead atoms. The summed E-state index contributed by atoms with van der Waals surface area (Å²) in [4.78, 5) is 12.4. The van der Waals surface area contributed by atoms with E-state index < -0.39 is 0 Å². The molecule has 1 heterocycles. The highest BCUT2D eigenvalue weighted by atomic mass is 16.5. The van der Waals surface area contributed by atoms with Crippen LogP contribution in [0, 0.1) is 0 Å². The highest BCUT2D eigenvalue weighted by Gasteiger charge is 2.07. The highest BCUT2D eigenvalue weighted by Crippen LogP contribution is 2.28. The van der Waals surface area contributed by atoms with Crippen LogP contribution < -0.4 is 4.74 Å². The molecule has 4 aromatic rings. The number of aromatic nitrogens is 1. The summed E-state index contributed by atoms with van der Waals surface area (Å²) < 4.78 is 7.31. The summed E-state index contributed by atoms with van der Waals surface area (Å²) in [6.45, 7) is 0. The number of methoxy groups -OCH3 is 1. The van der Waals surface area contributed by atoms with Crippen molar-refractivity contribution in [1.29, 1.82) is 0 Å². The summed E-state index contributed by atoms with van der Waals surface area (Å²) in [6, 6.07) is 21.8. The fourth-order valence-electron chi connectivity index (χ4n) is 3.30. The van der Waals surface area contributed by atoms with Gasteiger partial charge in [0.1, 0.15) is 5.75 Å². The lowest BCUT2D eigenvalue weighted by Gasteiger charge is -2.01. The summed E-state index contributed by atoms with van der Waals surface area (Å²) in [5, 5.41) is 2.47. The lowest BCUT2D eigenvalue weighted by Crippen LogP contribution is -1.94. The van der Waals surface area contributed by atoms with E-state index in [0.29, 0.717) is 5.56 Å². The van der Waals surface area contributed by atoms with Crippen LogP contribution in [0.15, 0.2) is 72.8 Å². The second kappa shape index (κ2) is 6.52. The van der Waals surface area contributed by atoms with Crippen LogP contribution in [0.25, 0.3) is 27.9 Å². The van der Waals surface area contributed by atoms with Crippen molar-refractivity contribution in [2.75, 3.05) is 7.11 Å². The monoisotopic (exact) mass is 341 g/mol. The fraction of sp³-hybridized carbons (Fsp3) is 0.0870. The Bertz CT molecular complexity index is 1130. The first-order valence-electron chi connectivity index (χ1n) is 8.51. The minimum atomic E-state index is -0.0233. The molecule has 26 heavy (non-hydrogen) atoms. The first-order valence-corrected chi connectivity index (χ1v) is 8.51. The molecule has 3 nitrogen and oxygen atoms in total. The molecule has 0 aliphatic heterocycles. The van der Waals surface area contributed by atoms with Crippen LogP contribution in [0.5, 0.6) is 5.75 Å². The maximum absolute atomic E-state index is 12.4. The maximum atomic E-state index is 12.4. The topological polar surface area (TPSA) is 31.2 Å². The summed E-state index contributed by atoms with van der Waals surface area (Å²) >= 11 is 0. The Kier molecular flexibility index (Phi) is 4.05. The van der Waals surface area contributed by atoms with Crippen LogP contribution in [-0.2, 0) is 7.05 Å². The number of aryl methyl sites for hydroxylation is 1. The van der Waals surface area contributed by atoms with E-state index in [1.807, 2.05) is 12.1 Å². The number of ketones is 1. The zero-order chi connectivity index (χ0) is 18.1. The number of hydrogen-bond donors (Lipinski definition) is 0. The first-order chi connectivity index (χ1) is 12.7. The Labute approximate surface area is 152 Å². The number of para-hydroxylation sites is 1. The maximum Gasteiger partial charge on any atom is 0.185 e. The van der Waals surface area contributed by atoms with Crippen LogP contribution in [-0.4, -0.2) is 17.5 Å². The normalized spacial score (nSPS) is 11.5. The van der Waals surface area contributed by atoms with Gasteiger partial charge in [-0.05, 0) is 48.0 Å². The SMILES string of the molecule is COc1ccc(C(=O)C=Cc2ccc3c4ccccc4n(C)c3c2)cc1. The minimum absolute atomic E-state index is 0.0233. The average molecular weight is 341 g/mol. The van der Waals surface area contributed by atoms with Crippen molar-refractivity contribution in [2.24, 2.45) is 7.05 Å². The molecule has 0 unspecified atom stereocenters. The van der Waals surface area contributed by atoms with Gasteiger partial charge in [0.2, 0.25) is 0 Å². The van der Waals surface area contributed by atoms with Crippen molar-refractivity contribution in [1.82, 2.24) is 4.57 Å². The molecule has 0 radical (unpaired) electrons. The van der Waals surface area contributed by atoms with Gasteiger partial charge in [-0.3, -0.25) is 4.79 Å². The van der Waals surface area contributed by atoms with Gasteiger partial charge in [-0.15, -0.1) is 0 Å². The molecule has 3 heteroatoms. The predicted molar refractivity (Wildman–Crippen MR) is 107 cm³/mol. The van der Waals surface area contributed by atoms with E-state index in [-0.39, 0.29) is 5.78 Å². The number of rotatable bonds is 4. The van der Waals surface area contributed by atoms with Gasteiger partial charge in [0.25, 0.3) is 0 Å². The summed E-state index contributed by atoms with van der Waals surface area (Å²) in [7, 11) is 3.68. The van der Waals surface area contributed by atoms with E-state index in [1.165, 1.54) is 16.3 Å². The van der Waals surface area contributed by atoms with Crippen LogP contribution in [0.3, 0.4) is 0 Å². The number of carbonyl (C=O) groups is 1. The minimum Gasteiger partial charge on any atom is -0.497 e. The van der Waals surface area contributed by atoms with E-state index >= 15 is 0 Å². The molecule has 128 valence electrons. The zero-order valence-electron chi connectivity index (χ0n) is 14.8. The van der Waals surface area contributed by atoms with Gasteiger partial charge in [0.15, 0.2) is 5.78 Å². The highest BCUT2D eigenvalue weighted by molar-refractivity contribution is 6.09. The summed E-state index contributed by atoms with van der Waals surface area (Å²) in [5.41, 5.74) is 4.01. The second-order valence-electron chi connectivity index (χ2n) is 6.28. The zero-order valence-corrected chi connectivity index (χ0v) is 14.8. The third-order valence-electron chi connectivity index (χ3n) is 4.74. The Morgan fingerprint density at radius 3 is 2.42 bits per heavy atom. The van der Waals surface area contributed by atoms with Crippen molar-refractivity contribution in [3.05, 3.63) is 83.9 Å². The summed E-state index contributed by atoms with van der Waals surface area (Å²) in [5.74, 6) is 0.719. The Morgan fingerprint density at radius 2 is 1.65 bits per heavy atom. The van der Waals surface area contributed by atoms with Gasteiger partial charge in [-0.1, -0.05) is 36.4 Å². The molecule has 1 aromatic heterocycles. The van der Waals surface area contributed by atoms with Crippen molar-refractivity contribution in [3.8, 4) is 5.75 Å². The van der Waals surface area contributed by atoms with Crippen LogP contribution in [0.2, 0.25) is 0 Å². The number of benzene rings is 3. The molecule has 0 fully saturated rings. The molecular weight excluding hydrogens is 322 g/mol. The van der Waals surface area contributed by atoms with Crippen molar-refractivity contribution < 1.29 is 9.53 Å².